The molecule has 24 heavy (non-hydrogen) atoms. The summed E-state index contributed by atoms with van der Waals surface area (Å²) in [5, 5.41) is 9.34. The number of ether oxygens (including phenoxy) is 1. The minimum atomic E-state index is -0.187. The molecular formula is C17H24ClN3O3. The van der Waals surface area contributed by atoms with Crippen molar-refractivity contribution in [2.45, 2.75) is 20.3 Å². The summed E-state index contributed by atoms with van der Waals surface area (Å²) in [5.74, 6) is 0.671. The van der Waals surface area contributed by atoms with Crippen LogP contribution >= 0.6 is 11.6 Å². The lowest BCUT2D eigenvalue weighted by Gasteiger charge is -2.31. The summed E-state index contributed by atoms with van der Waals surface area (Å²) >= 11 is 6.05. The van der Waals surface area contributed by atoms with Gasteiger partial charge in [-0.25, -0.2) is 0 Å². The number of benzene rings is 1. The van der Waals surface area contributed by atoms with Gasteiger partial charge in [-0.15, -0.1) is 0 Å². The van der Waals surface area contributed by atoms with E-state index >= 15 is 0 Å². The number of aryl methyl sites for hydroxylation is 1. The first kappa shape index (κ1) is 18.5. The largest absolute Gasteiger partial charge is 0.495 e. The Bertz CT molecular complexity index is 617. The standard InChI is InChI=1S/C17H24ClN3O3/c1-10-6-14(15(24-3)7-13(10)18)21-16(22)4-5-20-17(23)11(2)12-8-19-9-12/h6-7,11-12,19H,4-5,8-9H2,1-3H3,(H,20,23)(H,21,22). The van der Waals surface area contributed by atoms with E-state index < -0.39 is 0 Å². The molecule has 1 saturated heterocycles. The van der Waals surface area contributed by atoms with Gasteiger partial charge in [0.15, 0.2) is 0 Å². The molecule has 0 spiro atoms. The highest BCUT2D eigenvalue weighted by atomic mass is 35.5. The van der Waals surface area contributed by atoms with Crippen molar-refractivity contribution >= 4 is 29.1 Å². The zero-order valence-electron chi connectivity index (χ0n) is 14.2. The number of methoxy groups -OCH3 is 1. The highest BCUT2D eigenvalue weighted by Crippen LogP contribution is 2.30. The first-order valence-corrected chi connectivity index (χ1v) is 8.42. The first-order chi connectivity index (χ1) is 11.4. The molecule has 7 heteroatoms. The molecule has 2 rings (SSSR count). The predicted molar refractivity (Wildman–Crippen MR) is 94.5 cm³/mol. The third-order valence-electron chi connectivity index (χ3n) is 4.34. The van der Waals surface area contributed by atoms with Gasteiger partial charge in [-0.3, -0.25) is 9.59 Å². The Balaban J connectivity index is 1.81. The molecule has 0 aliphatic carbocycles. The van der Waals surface area contributed by atoms with Gasteiger partial charge in [0.25, 0.3) is 0 Å². The summed E-state index contributed by atoms with van der Waals surface area (Å²) in [6.07, 6.45) is 0.201. The molecule has 1 aromatic rings. The van der Waals surface area contributed by atoms with Crippen LogP contribution in [0, 0.1) is 18.8 Å². The maximum atomic E-state index is 12.1. The fourth-order valence-electron chi connectivity index (χ4n) is 2.48. The third-order valence-corrected chi connectivity index (χ3v) is 4.75. The second-order valence-electron chi connectivity index (χ2n) is 6.10. The highest BCUT2D eigenvalue weighted by Gasteiger charge is 2.28. The molecule has 6 nitrogen and oxygen atoms in total. The molecule has 1 aliphatic rings. The monoisotopic (exact) mass is 353 g/mol. The van der Waals surface area contributed by atoms with Crippen LogP contribution in [0.25, 0.3) is 0 Å². The smallest absolute Gasteiger partial charge is 0.226 e. The van der Waals surface area contributed by atoms with Crippen molar-refractivity contribution < 1.29 is 14.3 Å². The number of hydrogen-bond donors (Lipinski definition) is 3. The van der Waals surface area contributed by atoms with Crippen LogP contribution < -0.4 is 20.7 Å². The number of carbonyl (C=O) groups is 2. The van der Waals surface area contributed by atoms with Crippen molar-refractivity contribution in [1.82, 2.24) is 10.6 Å². The van der Waals surface area contributed by atoms with Gasteiger partial charge in [0, 0.05) is 30.0 Å². The maximum absolute atomic E-state index is 12.1. The van der Waals surface area contributed by atoms with Crippen LogP contribution in [0.15, 0.2) is 12.1 Å². The van der Waals surface area contributed by atoms with Gasteiger partial charge in [0.2, 0.25) is 11.8 Å². The van der Waals surface area contributed by atoms with E-state index in [9.17, 15) is 9.59 Å². The van der Waals surface area contributed by atoms with Gasteiger partial charge >= 0.3 is 0 Å². The van der Waals surface area contributed by atoms with Crippen molar-refractivity contribution in [3.8, 4) is 5.75 Å². The van der Waals surface area contributed by atoms with Crippen LogP contribution in [0.1, 0.15) is 18.9 Å². The molecule has 132 valence electrons. The van der Waals surface area contributed by atoms with E-state index in [1.165, 1.54) is 7.11 Å². The van der Waals surface area contributed by atoms with Crippen LogP contribution in [0.2, 0.25) is 5.02 Å². The van der Waals surface area contributed by atoms with Gasteiger partial charge in [-0.05, 0) is 37.6 Å². The summed E-state index contributed by atoms with van der Waals surface area (Å²) in [7, 11) is 1.52. The van der Waals surface area contributed by atoms with Gasteiger partial charge < -0.3 is 20.7 Å². The van der Waals surface area contributed by atoms with Crippen LogP contribution in [0.3, 0.4) is 0 Å². The average molecular weight is 354 g/mol. The second kappa shape index (κ2) is 8.35. The first-order valence-electron chi connectivity index (χ1n) is 8.04. The van der Waals surface area contributed by atoms with Crippen LogP contribution in [0.4, 0.5) is 5.69 Å². The molecule has 1 heterocycles. The molecule has 0 saturated carbocycles. The SMILES string of the molecule is COc1cc(Cl)c(C)cc1NC(=O)CCNC(=O)C(C)C1CNC1. The number of carbonyl (C=O) groups excluding carboxylic acids is 2. The number of anilines is 1. The highest BCUT2D eigenvalue weighted by molar-refractivity contribution is 6.31. The molecule has 0 radical (unpaired) electrons. The molecule has 1 fully saturated rings. The van der Waals surface area contributed by atoms with Gasteiger partial charge in [-0.2, -0.15) is 0 Å². The Kier molecular flexibility index (Phi) is 6.45. The molecule has 1 aliphatic heterocycles. The number of hydrogen-bond acceptors (Lipinski definition) is 4. The Morgan fingerprint density at radius 2 is 2.12 bits per heavy atom. The molecule has 0 aromatic heterocycles. The Morgan fingerprint density at radius 1 is 1.42 bits per heavy atom. The quantitative estimate of drug-likeness (QED) is 0.700. The number of nitrogens with one attached hydrogen (secondary N) is 3. The van der Waals surface area contributed by atoms with Gasteiger partial charge in [-0.1, -0.05) is 18.5 Å². The summed E-state index contributed by atoms with van der Waals surface area (Å²) in [6.45, 7) is 5.84. The lowest BCUT2D eigenvalue weighted by atomic mass is 9.88. The summed E-state index contributed by atoms with van der Waals surface area (Å²) in [5.41, 5.74) is 1.42. The maximum Gasteiger partial charge on any atom is 0.226 e. The van der Waals surface area contributed by atoms with Gasteiger partial charge in [0.05, 0.1) is 12.8 Å². The molecule has 1 atom stereocenters. The van der Waals surface area contributed by atoms with Crippen molar-refractivity contribution in [2.24, 2.45) is 11.8 Å². The van der Waals surface area contributed by atoms with E-state index in [-0.39, 0.29) is 24.2 Å². The van der Waals surface area contributed by atoms with Crippen molar-refractivity contribution in [1.29, 1.82) is 0 Å². The minimum Gasteiger partial charge on any atom is -0.495 e. The van der Waals surface area contributed by atoms with E-state index in [1.54, 1.807) is 12.1 Å². The summed E-state index contributed by atoms with van der Waals surface area (Å²) in [4.78, 5) is 24.1. The predicted octanol–water partition coefficient (Wildman–Crippen LogP) is 1.96. The Hall–Kier alpha value is -1.79. The lowest BCUT2D eigenvalue weighted by Crippen LogP contribution is -2.49. The molecule has 1 aromatic carbocycles. The van der Waals surface area contributed by atoms with Crippen molar-refractivity contribution in [3.63, 3.8) is 0 Å². The minimum absolute atomic E-state index is 0.00535. The molecular weight excluding hydrogens is 330 g/mol. The second-order valence-corrected chi connectivity index (χ2v) is 6.51. The fraction of sp³-hybridized carbons (Fsp3) is 0.529. The molecule has 3 N–H and O–H groups in total. The van der Waals surface area contributed by atoms with E-state index in [0.29, 0.717) is 28.9 Å². The molecule has 2 amide bonds. The Morgan fingerprint density at radius 3 is 2.71 bits per heavy atom. The number of amides is 2. The van der Waals surface area contributed by atoms with Crippen LogP contribution in [-0.4, -0.2) is 38.6 Å². The zero-order chi connectivity index (χ0) is 17.7. The lowest BCUT2D eigenvalue weighted by molar-refractivity contribution is -0.126. The fourth-order valence-corrected chi connectivity index (χ4v) is 2.64. The number of halogens is 1. The zero-order valence-corrected chi connectivity index (χ0v) is 15.0. The third kappa shape index (κ3) is 4.61. The number of rotatable bonds is 7. The summed E-state index contributed by atoms with van der Waals surface area (Å²) < 4.78 is 5.23. The van der Waals surface area contributed by atoms with E-state index in [2.05, 4.69) is 16.0 Å². The molecule has 1 unspecified atom stereocenters. The van der Waals surface area contributed by atoms with E-state index in [1.807, 2.05) is 13.8 Å². The van der Waals surface area contributed by atoms with Crippen LogP contribution in [0.5, 0.6) is 5.75 Å². The van der Waals surface area contributed by atoms with Crippen molar-refractivity contribution in [2.75, 3.05) is 32.1 Å². The normalized spacial score (nSPS) is 15.3. The van der Waals surface area contributed by atoms with Gasteiger partial charge in [0.1, 0.15) is 5.75 Å². The van der Waals surface area contributed by atoms with E-state index in [0.717, 1.165) is 18.7 Å². The van der Waals surface area contributed by atoms with Crippen LogP contribution in [-0.2, 0) is 9.59 Å². The van der Waals surface area contributed by atoms with Crippen molar-refractivity contribution in [3.05, 3.63) is 22.7 Å². The average Bonchev–Trinajstić information content (AvgIpc) is 2.48. The Labute approximate surface area is 147 Å². The van der Waals surface area contributed by atoms with E-state index in [4.69, 9.17) is 16.3 Å². The molecule has 0 bridgehead atoms. The summed E-state index contributed by atoms with van der Waals surface area (Å²) in [6, 6.07) is 3.44. The topological polar surface area (TPSA) is 79.5 Å².